The zero-order chi connectivity index (χ0) is 8.53. The number of hydrogen-bond acceptors (Lipinski definition) is 3. The van der Waals surface area contributed by atoms with Crippen LogP contribution in [0.1, 0.15) is 26.7 Å². The maximum Gasteiger partial charge on any atom is 0.473 e. The van der Waals surface area contributed by atoms with Gasteiger partial charge in [0.15, 0.2) is 0 Å². The van der Waals surface area contributed by atoms with Crippen LogP contribution < -0.4 is 0 Å². The van der Waals surface area contributed by atoms with E-state index in [9.17, 15) is 0 Å². The van der Waals surface area contributed by atoms with Gasteiger partial charge in [-0.05, 0) is 12.8 Å². The molecule has 0 saturated heterocycles. The molecule has 0 aliphatic carbocycles. The molecule has 0 atom stereocenters. The first-order valence-electron chi connectivity index (χ1n) is 4.11. The van der Waals surface area contributed by atoms with Gasteiger partial charge in [0.1, 0.15) is 10.5 Å². The van der Waals surface area contributed by atoms with Gasteiger partial charge in [-0.1, -0.05) is 13.8 Å². The quantitative estimate of drug-likeness (QED) is 0.528. The second kappa shape index (κ2) is 8.41. The average molecular weight is 194 g/mol. The topological polar surface area (TPSA) is 27.7 Å². The van der Waals surface area contributed by atoms with E-state index in [0.717, 1.165) is 36.5 Å². The van der Waals surface area contributed by atoms with Crippen molar-refractivity contribution in [2.45, 2.75) is 26.7 Å². The Morgan fingerprint density at radius 2 is 1.55 bits per heavy atom. The van der Waals surface area contributed by atoms with Crippen LogP contribution in [0, 0.1) is 0 Å². The van der Waals surface area contributed by atoms with Crippen LogP contribution in [-0.2, 0) is 13.0 Å². The molecule has 0 aromatic rings. The molecule has 0 unspecified atom stereocenters. The van der Waals surface area contributed by atoms with E-state index in [0.29, 0.717) is 0 Å². The fourth-order valence-corrected chi connectivity index (χ4v) is 2.65. The van der Waals surface area contributed by atoms with Crippen molar-refractivity contribution in [1.82, 2.24) is 0 Å². The van der Waals surface area contributed by atoms with Crippen molar-refractivity contribution in [2.75, 3.05) is 13.2 Å². The van der Waals surface area contributed by atoms with E-state index < -0.39 is 9.53 Å². The summed E-state index contributed by atoms with van der Waals surface area (Å²) in [6.07, 6.45) is 2.06. The van der Waals surface area contributed by atoms with E-state index in [4.69, 9.17) is 13.0 Å². The van der Waals surface area contributed by atoms with E-state index in [1.165, 1.54) is 0 Å². The molecule has 11 heavy (non-hydrogen) atoms. The minimum Gasteiger partial charge on any atom is -0.427 e. The van der Waals surface area contributed by atoms with E-state index in [2.05, 4.69) is 13.8 Å². The third-order valence-corrected chi connectivity index (χ3v) is 3.66. The maximum absolute atomic E-state index is 5.37. The normalized spacial score (nSPS) is 11.2. The Bertz CT molecular complexity index is 74.2. The molecule has 0 bridgehead atoms. The first kappa shape index (κ1) is 11.3. The van der Waals surface area contributed by atoms with Crippen molar-refractivity contribution in [1.29, 1.82) is 0 Å². The third kappa shape index (κ3) is 6.70. The molecule has 3 nitrogen and oxygen atoms in total. The monoisotopic (exact) mass is 194 g/mol. The molecule has 0 heterocycles. The van der Waals surface area contributed by atoms with Gasteiger partial charge in [0.25, 0.3) is 0 Å². The smallest absolute Gasteiger partial charge is 0.427 e. The van der Waals surface area contributed by atoms with Crippen molar-refractivity contribution in [3.8, 4) is 0 Å². The lowest BCUT2D eigenvalue weighted by Gasteiger charge is -2.13. The predicted octanol–water partition coefficient (Wildman–Crippen LogP) is -0.146. The second-order valence-electron chi connectivity index (χ2n) is 2.27. The summed E-state index contributed by atoms with van der Waals surface area (Å²) in [7, 11) is -0.969. The third-order valence-electron chi connectivity index (χ3n) is 1.11. The lowest BCUT2D eigenvalue weighted by Crippen LogP contribution is -2.26. The van der Waals surface area contributed by atoms with Crippen LogP contribution in [0.4, 0.5) is 0 Å². The van der Waals surface area contributed by atoms with Crippen molar-refractivity contribution >= 4 is 20.0 Å². The molecule has 0 aromatic carbocycles. The summed E-state index contributed by atoms with van der Waals surface area (Å²) in [4.78, 5) is 0. The van der Waals surface area contributed by atoms with Crippen LogP contribution >= 0.6 is 0 Å². The van der Waals surface area contributed by atoms with E-state index in [1.807, 2.05) is 0 Å². The van der Waals surface area contributed by atoms with E-state index in [-0.39, 0.29) is 0 Å². The molecule has 0 radical (unpaired) electrons. The summed E-state index contributed by atoms with van der Waals surface area (Å²) < 4.78 is 15.9. The summed E-state index contributed by atoms with van der Waals surface area (Å²) in [5, 5.41) is 0. The molecule has 0 amide bonds. The zero-order valence-corrected chi connectivity index (χ0v) is 10.8. The Morgan fingerprint density at radius 3 is 1.82 bits per heavy atom. The zero-order valence-electron chi connectivity index (χ0n) is 7.63. The molecular weight excluding hydrogens is 176 g/mol. The van der Waals surface area contributed by atoms with Crippen LogP contribution in [0.3, 0.4) is 0 Å². The van der Waals surface area contributed by atoms with Gasteiger partial charge in [-0.15, -0.1) is 0 Å². The van der Waals surface area contributed by atoms with Gasteiger partial charge < -0.3 is 13.0 Å². The van der Waals surface area contributed by atoms with Crippen LogP contribution in [0.5, 0.6) is 0 Å². The van der Waals surface area contributed by atoms with Crippen LogP contribution in [-0.4, -0.2) is 33.2 Å². The minimum absolute atomic E-state index is 0.717. The SMILES string of the molecule is CCCO[SiH](O[SiH3])OCCC. The van der Waals surface area contributed by atoms with Crippen molar-refractivity contribution < 1.29 is 13.0 Å². The van der Waals surface area contributed by atoms with Gasteiger partial charge in [-0.3, -0.25) is 0 Å². The summed E-state index contributed by atoms with van der Waals surface area (Å²) >= 11 is 0. The van der Waals surface area contributed by atoms with E-state index >= 15 is 0 Å². The number of hydrogen-bond donors (Lipinski definition) is 0. The van der Waals surface area contributed by atoms with Gasteiger partial charge in [0, 0.05) is 13.2 Å². The highest BCUT2D eigenvalue weighted by Gasteiger charge is 2.10. The average Bonchev–Trinajstić information content (AvgIpc) is 2.05. The highest BCUT2D eigenvalue weighted by atomic mass is 28.4. The fourth-order valence-electron chi connectivity index (χ4n) is 0.612. The first-order valence-corrected chi connectivity index (χ1v) is 6.34. The molecule has 0 aliphatic rings. The molecule has 0 rings (SSSR count). The van der Waals surface area contributed by atoms with Gasteiger partial charge >= 0.3 is 9.53 Å². The number of rotatable bonds is 7. The predicted molar refractivity (Wildman–Crippen MR) is 50.7 cm³/mol. The highest BCUT2D eigenvalue weighted by Crippen LogP contribution is 1.92. The molecule has 0 fully saturated rings. The molecule has 0 aliphatic heterocycles. The maximum atomic E-state index is 5.37. The summed E-state index contributed by atoms with van der Waals surface area (Å²) in [6, 6.07) is 0. The second-order valence-corrected chi connectivity index (χ2v) is 5.40. The molecule has 5 heteroatoms. The molecule has 0 saturated carbocycles. The minimum atomic E-state index is -1.69. The molecule has 0 N–H and O–H groups in total. The molecule has 68 valence electrons. The van der Waals surface area contributed by atoms with Crippen LogP contribution in [0.25, 0.3) is 0 Å². The van der Waals surface area contributed by atoms with Gasteiger partial charge in [0.2, 0.25) is 0 Å². The molecule has 0 aromatic heterocycles. The standard InChI is InChI=1S/C6H18O3Si2/c1-3-5-7-11(9-10)8-6-4-2/h11H,3-6H2,1-2,10H3. The Balaban J connectivity index is 3.25. The van der Waals surface area contributed by atoms with Crippen molar-refractivity contribution in [2.24, 2.45) is 0 Å². The van der Waals surface area contributed by atoms with Crippen LogP contribution in [0.2, 0.25) is 0 Å². The summed E-state index contributed by atoms with van der Waals surface area (Å²) in [6.45, 7) is 5.70. The van der Waals surface area contributed by atoms with E-state index in [1.54, 1.807) is 0 Å². The van der Waals surface area contributed by atoms with Crippen molar-refractivity contribution in [3.63, 3.8) is 0 Å². The summed E-state index contributed by atoms with van der Waals surface area (Å²) in [5.74, 6) is 0. The van der Waals surface area contributed by atoms with Gasteiger partial charge in [0.05, 0.1) is 0 Å². The lowest BCUT2D eigenvalue weighted by molar-refractivity contribution is 0.144. The Labute approximate surface area is 73.5 Å². The highest BCUT2D eigenvalue weighted by molar-refractivity contribution is 6.42. The Morgan fingerprint density at radius 1 is 1.09 bits per heavy atom. The lowest BCUT2D eigenvalue weighted by atomic mass is 10.5. The Hall–Kier alpha value is 0.314. The Kier molecular flexibility index (Phi) is 8.65. The molecular formula is C6H18O3Si2. The fraction of sp³-hybridized carbons (Fsp3) is 1.00. The summed E-state index contributed by atoms with van der Waals surface area (Å²) in [5.41, 5.74) is 0. The van der Waals surface area contributed by atoms with Crippen LogP contribution in [0.15, 0.2) is 0 Å². The molecule has 0 spiro atoms. The largest absolute Gasteiger partial charge is 0.473 e. The van der Waals surface area contributed by atoms with Crippen molar-refractivity contribution in [3.05, 3.63) is 0 Å². The van der Waals surface area contributed by atoms with Gasteiger partial charge in [-0.2, -0.15) is 0 Å². The van der Waals surface area contributed by atoms with Gasteiger partial charge in [-0.25, -0.2) is 0 Å². The first-order chi connectivity index (χ1) is 5.35.